The SMILES string of the molecule is ClC[C]12[CH]3[CH]4[CH]5[C]1(CCl)[Fe]43521678[CH]2[CH]1[CH]6[CH]7[CH]28. The second-order valence-corrected chi connectivity index (χ2v) is 34.3. The zero-order valence-electron chi connectivity index (χ0n) is 8.14. The molecule has 0 N–H and O–H groups in total. The fraction of sp³-hybridized carbons (Fsp3) is 1.00. The molecule has 1 spiro atoms. The van der Waals surface area contributed by atoms with Gasteiger partial charge < -0.3 is 0 Å². The minimum atomic E-state index is -2.98. The van der Waals surface area contributed by atoms with Crippen LogP contribution in [0.25, 0.3) is 0 Å². The molecule has 0 bridgehead atoms. The van der Waals surface area contributed by atoms with Crippen LogP contribution in [0, 0.1) is 0 Å². The Hall–Kier alpha value is 1.10. The molecule has 4 atom stereocenters. The van der Waals surface area contributed by atoms with E-state index in [9.17, 15) is 0 Å². The maximum atomic E-state index is 6.55. The first kappa shape index (κ1) is 5.83. The fourth-order valence-corrected chi connectivity index (χ4v) is 100.0. The van der Waals surface area contributed by atoms with E-state index in [-0.39, 0.29) is 0 Å². The number of halogens is 2. The van der Waals surface area contributed by atoms with E-state index in [1.54, 1.807) is 0 Å². The third-order valence-electron chi connectivity index (χ3n) is 15.9. The van der Waals surface area contributed by atoms with Crippen LogP contribution in [0.4, 0.5) is 0 Å². The van der Waals surface area contributed by atoms with Crippen LogP contribution >= 0.6 is 23.2 Å². The minimum absolute atomic E-state index is 0.815. The van der Waals surface area contributed by atoms with Crippen molar-refractivity contribution >= 4 is 23.2 Å². The molecule has 0 saturated carbocycles. The fourth-order valence-electron chi connectivity index (χ4n) is 18.2. The Morgan fingerprint density at radius 3 is 1.27 bits per heavy atom. The van der Waals surface area contributed by atoms with Gasteiger partial charge in [-0.05, 0) is 0 Å². The summed E-state index contributed by atoms with van der Waals surface area (Å²) in [6.07, 6.45) is 0. The van der Waals surface area contributed by atoms with Gasteiger partial charge in [-0.3, -0.25) is 0 Å². The van der Waals surface area contributed by atoms with E-state index < -0.39 is 6.51 Å². The quantitative estimate of drug-likeness (QED) is 0.513. The molecule has 10 rings (SSSR count). The normalized spacial score (nSPS) is 139. The molecule has 4 unspecified atom stereocenters. The molecule has 0 nitrogen and oxygen atoms in total. The zero-order valence-corrected chi connectivity index (χ0v) is 10.8. The number of fused-ring (bicyclic) bond motifs is 10. The molecule has 0 aromatic heterocycles. The molecule has 0 aromatic rings. The van der Waals surface area contributed by atoms with Crippen molar-refractivity contribution in [1.29, 1.82) is 0 Å². The summed E-state index contributed by atoms with van der Waals surface area (Å²) in [5.74, 6) is 2.12. The molecule has 10 saturated heterocycles. The predicted molar refractivity (Wildman–Crippen MR) is 56.8 cm³/mol. The van der Waals surface area contributed by atoms with Gasteiger partial charge in [0.15, 0.2) is 0 Å². The third kappa shape index (κ3) is 0.0473. The van der Waals surface area contributed by atoms with Gasteiger partial charge in [0, 0.05) is 0 Å². The first-order valence-electron chi connectivity index (χ1n) is 6.39. The van der Waals surface area contributed by atoms with E-state index in [1.807, 2.05) is 0 Å². The summed E-state index contributed by atoms with van der Waals surface area (Å²) in [4.78, 5) is 10.8. The number of hydrogen-bond acceptors (Lipinski definition) is 0. The molecule has 10 heterocycles. The second kappa shape index (κ2) is 0.424. The summed E-state index contributed by atoms with van der Waals surface area (Å²) in [6, 6.07) is 0. The van der Waals surface area contributed by atoms with Gasteiger partial charge >= 0.3 is 88.6 Å². The second-order valence-electron chi connectivity index (χ2n) is 10.3. The summed E-state index contributed by atoms with van der Waals surface area (Å²) >= 11 is 13.1. The predicted octanol–water partition coefficient (Wildman–Crippen LogP) is 4.59. The van der Waals surface area contributed by atoms with Crippen LogP contribution in [-0.2, 0) is 6.51 Å². The number of alkyl halides is 2. The summed E-state index contributed by atoms with van der Waals surface area (Å²) in [6.45, 7) is -2.98. The Labute approximate surface area is 88.3 Å². The topological polar surface area (TPSA) is 0 Å². The van der Waals surface area contributed by atoms with Crippen LogP contribution in [0.3, 0.4) is 0 Å². The molecule has 0 aliphatic carbocycles. The molecule has 10 aliphatic rings. The van der Waals surface area contributed by atoms with Gasteiger partial charge in [0.25, 0.3) is 0 Å². The van der Waals surface area contributed by atoms with Crippen molar-refractivity contribution in [2.24, 2.45) is 0 Å². The van der Waals surface area contributed by atoms with Crippen molar-refractivity contribution in [3.8, 4) is 0 Å². The monoisotopic (exact) mass is 282 g/mol. The van der Waals surface area contributed by atoms with Gasteiger partial charge in [-0.25, -0.2) is 0 Å². The Balaban J connectivity index is 1.90. The molecular weight excluding hydrogens is 271 g/mol. The van der Waals surface area contributed by atoms with Gasteiger partial charge in [0.2, 0.25) is 0 Å². The van der Waals surface area contributed by atoms with Crippen molar-refractivity contribution < 1.29 is 6.51 Å². The molecule has 0 radical (unpaired) electrons. The molecule has 82 valence electrons. The Morgan fingerprint density at radius 1 is 0.733 bits per heavy atom. The van der Waals surface area contributed by atoms with Gasteiger partial charge in [-0.15, -0.1) is 0 Å². The maximum absolute atomic E-state index is 6.55. The van der Waals surface area contributed by atoms with E-state index >= 15 is 0 Å². The van der Waals surface area contributed by atoms with E-state index in [0.29, 0.717) is 0 Å². The van der Waals surface area contributed by atoms with Crippen LogP contribution < -0.4 is 0 Å². The Bertz CT molecular complexity index is 852. The average molecular weight is 283 g/mol. The van der Waals surface area contributed by atoms with Crippen molar-refractivity contribution in [3.63, 3.8) is 0 Å². The van der Waals surface area contributed by atoms with Crippen molar-refractivity contribution in [2.75, 3.05) is 11.8 Å². The average Bonchev–Trinajstić information content (AvgIpc) is 3.21. The van der Waals surface area contributed by atoms with Crippen molar-refractivity contribution in [3.05, 3.63) is 0 Å². The molecule has 0 aromatic carbocycles. The van der Waals surface area contributed by atoms with Gasteiger partial charge in [-0.2, -0.15) is 0 Å². The van der Waals surface area contributed by atoms with Crippen molar-refractivity contribution in [1.82, 2.24) is 0 Å². The molecule has 0 amide bonds. The van der Waals surface area contributed by atoms with Gasteiger partial charge in [-0.1, -0.05) is 0 Å². The van der Waals surface area contributed by atoms with E-state index in [0.717, 1.165) is 20.4 Å². The summed E-state index contributed by atoms with van der Waals surface area (Å²) < 4.78 is 1.63. The molecule has 15 heavy (non-hydrogen) atoms. The first-order chi connectivity index (χ1) is 7.06. The van der Waals surface area contributed by atoms with Crippen LogP contribution in [-0.4, -0.2) is 11.8 Å². The van der Waals surface area contributed by atoms with Crippen LogP contribution in [0.15, 0.2) is 0 Å². The first-order valence-corrected chi connectivity index (χ1v) is 13.7. The number of hydrogen-bond donors (Lipinski definition) is 0. The molecule has 10 aliphatic heterocycles. The zero-order chi connectivity index (χ0) is 9.35. The van der Waals surface area contributed by atoms with E-state index in [2.05, 4.69) is 0 Å². The molecule has 3 heteroatoms. The molecular formula is C12H12Cl2Fe. The van der Waals surface area contributed by atoms with Gasteiger partial charge in [0.05, 0.1) is 0 Å². The standard InChI is InChI=1S/C7H7Cl2.C5H5.Fe/c8-4-6-2-1-3-7(6)5-9;1-2-4-5-3-1;/h1-3H,4-5H2;1-5H;. The van der Waals surface area contributed by atoms with Crippen LogP contribution in [0.5, 0.6) is 0 Å². The Kier molecular flexibility index (Phi) is 0.165. The van der Waals surface area contributed by atoms with Crippen LogP contribution in [0.1, 0.15) is 0 Å². The van der Waals surface area contributed by atoms with E-state index in [1.165, 1.54) is 38.5 Å². The number of rotatable bonds is 2. The van der Waals surface area contributed by atoms with Crippen molar-refractivity contribution in [2.45, 2.75) is 47.2 Å². The Morgan fingerprint density at radius 2 is 1.13 bits per heavy atom. The molecule has 10 fully saturated rings. The van der Waals surface area contributed by atoms with E-state index in [4.69, 9.17) is 23.2 Å². The van der Waals surface area contributed by atoms with Crippen LogP contribution in [0.2, 0.25) is 47.2 Å². The summed E-state index contributed by atoms with van der Waals surface area (Å²) in [5.41, 5.74) is 0. The summed E-state index contributed by atoms with van der Waals surface area (Å²) in [7, 11) is 0. The summed E-state index contributed by atoms with van der Waals surface area (Å²) in [5, 5.41) is 0. The van der Waals surface area contributed by atoms with Gasteiger partial charge in [0.1, 0.15) is 0 Å². The third-order valence-corrected chi connectivity index (χ3v) is 61.1.